The second-order valence-corrected chi connectivity index (χ2v) is 9.07. The van der Waals surface area contributed by atoms with Crippen LogP contribution in [0.5, 0.6) is 11.5 Å². The highest BCUT2D eigenvalue weighted by molar-refractivity contribution is 5.85. The molecule has 34 heavy (non-hydrogen) atoms. The third kappa shape index (κ3) is 5.30. The molecule has 3 aromatic rings. The van der Waals surface area contributed by atoms with Crippen LogP contribution in [0.1, 0.15) is 51.5 Å². The maximum atomic E-state index is 11.6. The van der Waals surface area contributed by atoms with E-state index in [0.717, 1.165) is 53.1 Å². The number of aryl methyl sites for hydroxylation is 1. The van der Waals surface area contributed by atoms with Crippen LogP contribution < -0.4 is 9.47 Å². The first kappa shape index (κ1) is 23.9. The smallest absolute Gasteiger partial charge is 0.330 e. The Morgan fingerprint density at radius 2 is 1.94 bits per heavy atom. The second kappa shape index (κ2) is 10.8. The highest BCUT2D eigenvalue weighted by atomic mass is 16.5. The molecule has 0 saturated heterocycles. The van der Waals surface area contributed by atoms with Crippen LogP contribution in [0.4, 0.5) is 0 Å². The van der Waals surface area contributed by atoms with Crippen LogP contribution in [0.3, 0.4) is 0 Å². The number of hydrogen-bond acceptors (Lipinski definition) is 5. The molecule has 5 nitrogen and oxygen atoms in total. The van der Waals surface area contributed by atoms with Crippen LogP contribution >= 0.6 is 0 Å². The van der Waals surface area contributed by atoms with Gasteiger partial charge in [0.25, 0.3) is 0 Å². The van der Waals surface area contributed by atoms with Crippen LogP contribution in [0.15, 0.2) is 59.5 Å². The van der Waals surface area contributed by atoms with E-state index in [1.165, 1.54) is 30.9 Å². The van der Waals surface area contributed by atoms with Gasteiger partial charge in [-0.3, -0.25) is 0 Å². The number of carbonyl (C=O) groups is 1. The molecule has 2 aromatic carbocycles. The van der Waals surface area contributed by atoms with E-state index in [1.807, 2.05) is 24.3 Å². The number of hydrogen-bond donors (Lipinski definition) is 0. The zero-order chi connectivity index (χ0) is 24.1. The summed E-state index contributed by atoms with van der Waals surface area (Å²) in [7, 11) is 1.70. The number of fused-ring (bicyclic) bond motifs is 1. The second-order valence-electron chi connectivity index (χ2n) is 9.07. The molecule has 0 amide bonds. The SMILES string of the molecule is C=CC(=O)OC1CCC(Oc2ccc3cc(-c4ccc(CCCCC)cc4OC)oc3c2)C1C. The fourth-order valence-corrected chi connectivity index (χ4v) is 4.69. The number of furan rings is 1. The molecule has 1 aliphatic carbocycles. The summed E-state index contributed by atoms with van der Waals surface area (Å²) in [6.45, 7) is 7.75. The lowest BCUT2D eigenvalue weighted by Gasteiger charge is -2.21. The Morgan fingerprint density at radius 1 is 1.12 bits per heavy atom. The topological polar surface area (TPSA) is 57.9 Å². The van der Waals surface area contributed by atoms with E-state index in [9.17, 15) is 4.79 Å². The average Bonchev–Trinajstić information content (AvgIpc) is 3.42. The highest BCUT2D eigenvalue weighted by Crippen LogP contribution is 2.37. The number of methoxy groups -OCH3 is 1. The van der Waals surface area contributed by atoms with Crippen LogP contribution in [0.2, 0.25) is 0 Å². The van der Waals surface area contributed by atoms with Crippen LogP contribution in [0.25, 0.3) is 22.3 Å². The first-order chi connectivity index (χ1) is 16.5. The van der Waals surface area contributed by atoms with Crippen LogP contribution in [-0.4, -0.2) is 25.3 Å². The quantitative estimate of drug-likeness (QED) is 0.182. The number of esters is 1. The van der Waals surface area contributed by atoms with E-state index in [0.29, 0.717) is 0 Å². The summed E-state index contributed by atoms with van der Waals surface area (Å²) < 4.78 is 23.6. The Labute approximate surface area is 201 Å². The summed E-state index contributed by atoms with van der Waals surface area (Å²) in [5.74, 6) is 2.07. The minimum atomic E-state index is -0.383. The van der Waals surface area contributed by atoms with Gasteiger partial charge in [-0.1, -0.05) is 39.3 Å². The first-order valence-corrected chi connectivity index (χ1v) is 12.2. The summed E-state index contributed by atoms with van der Waals surface area (Å²) in [6.07, 6.45) is 7.34. The van der Waals surface area contributed by atoms with Crippen molar-refractivity contribution in [2.24, 2.45) is 5.92 Å². The minimum Gasteiger partial charge on any atom is -0.496 e. The molecule has 3 unspecified atom stereocenters. The molecule has 4 rings (SSSR count). The molecule has 3 atom stereocenters. The van der Waals surface area contributed by atoms with Gasteiger partial charge in [-0.2, -0.15) is 0 Å². The number of ether oxygens (including phenoxy) is 3. The van der Waals surface area contributed by atoms with Crippen molar-refractivity contribution >= 4 is 16.9 Å². The van der Waals surface area contributed by atoms with Gasteiger partial charge < -0.3 is 18.6 Å². The summed E-state index contributed by atoms with van der Waals surface area (Å²) in [4.78, 5) is 11.6. The third-order valence-corrected chi connectivity index (χ3v) is 6.72. The standard InChI is InChI=1S/C29H34O5/c1-5-7-8-9-20-10-13-23(27(16-20)31-4)28-17-21-11-12-22(18-26(21)33-28)32-24-14-15-25(19(24)3)34-29(30)6-2/h6,10-13,16-19,24-25H,2,5,7-9,14-15H2,1,3-4H3. The molecular weight excluding hydrogens is 428 g/mol. The lowest BCUT2D eigenvalue weighted by molar-refractivity contribution is -0.144. The predicted octanol–water partition coefficient (Wildman–Crippen LogP) is 7.12. The Hall–Kier alpha value is -3.21. The Bertz CT molecular complexity index is 1140. The van der Waals surface area contributed by atoms with Crippen molar-refractivity contribution in [3.8, 4) is 22.8 Å². The normalized spacial score (nSPS) is 19.8. The molecule has 1 aliphatic rings. The molecule has 0 radical (unpaired) electrons. The van der Waals surface area contributed by atoms with Gasteiger partial charge in [0, 0.05) is 23.4 Å². The van der Waals surface area contributed by atoms with Gasteiger partial charge in [-0.15, -0.1) is 0 Å². The molecule has 5 heteroatoms. The van der Waals surface area contributed by atoms with Crippen LogP contribution in [-0.2, 0) is 16.0 Å². The number of unbranched alkanes of at least 4 members (excludes halogenated alkanes) is 2. The first-order valence-electron chi connectivity index (χ1n) is 12.2. The number of rotatable bonds is 10. The maximum absolute atomic E-state index is 11.6. The zero-order valence-corrected chi connectivity index (χ0v) is 20.3. The molecule has 0 bridgehead atoms. The fraction of sp³-hybridized carbons (Fsp3) is 0.414. The monoisotopic (exact) mass is 462 g/mol. The Morgan fingerprint density at radius 3 is 2.71 bits per heavy atom. The van der Waals surface area contributed by atoms with Crippen LogP contribution in [0, 0.1) is 5.92 Å². The fourth-order valence-electron chi connectivity index (χ4n) is 4.69. The minimum absolute atomic E-state index is 0.0187. The van der Waals surface area contributed by atoms with Gasteiger partial charge in [0.15, 0.2) is 0 Å². The van der Waals surface area contributed by atoms with Gasteiger partial charge in [-0.05, 0) is 61.6 Å². The molecule has 1 aromatic heterocycles. The van der Waals surface area contributed by atoms with Crippen molar-refractivity contribution in [1.82, 2.24) is 0 Å². The summed E-state index contributed by atoms with van der Waals surface area (Å²) in [6, 6.07) is 14.3. The molecule has 1 heterocycles. The van der Waals surface area contributed by atoms with Gasteiger partial charge in [0.2, 0.25) is 0 Å². The lowest BCUT2D eigenvalue weighted by Crippen LogP contribution is -2.27. The Kier molecular flexibility index (Phi) is 7.61. The highest BCUT2D eigenvalue weighted by Gasteiger charge is 2.36. The molecule has 1 fully saturated rings. The predicted molar refractivity (Wildman–Crippen MR) is 134 cm³/mol. The van der Waals surface area contributed by atoms with Crippen molar-refractivity contribution in [3.05, 3.63) is 60.7 Å². The van der Waals surface area contributed by atoms with Gasteiger partial charge in [0.05, 0.1) is 12.7 Å². The average molecular weight is 463 g/mol. The Balaban J connectivity index is 1.49. The third-order valence-electron chi connectivity index (χ3n) is 6.72. The van der Waals surface area contributed by atoms with Crippen molar-refractivity contribution in [2.45, 2.75) is 64.6 Å². The molecule has 0 N–H and O–H groups in total. The summed E-state index contributed by atoms with van der Waals surface area (Å²) >= 11 is 0. The zero-order valence-electron chi connectivity index (χ0n) is 20.3. The van der Waals surface area contributed by atoms with Crippen molar-refractivity contribution in [3.63, 3.8) is 0 Å². The molecule has 1 saturated carbocycles. The van der Waals surface area contributed by atoms with E-state index in [2.05, 4.69) is 38.6 Å². The van der Waals surface area contributed by atoms with Gasteiger partial charge >= 0.3 is 5.97 Å². The largest absolute Gasteiger partial charge is 0.496 e. The summed E-state index contributed by atoms with van der Waals surface area (Å²) in [5.41, 5.74) is 2.99. The van der Waals surface area contributed by atoms with E-state index in [4.69, 9.17) is 18.6 Å². The molecule has 0 aliphatic heterocycles. The lowest BCUT2D eigenvalue weighted by atomic mass is 10.0. The van der Waals surface area contributed by atoms with Crippen molar-refractivity contribution in [2.75, 3.05) is 7.11 Å². The number of benzene rings is 2. The van der Waals surface area contributed by atoms with E-state index < -0.39 is 0 Å². The van der Waals surface area contributed by atoms with E-state index in [-0.39, 0.29) is 24.1 Å². The van der Waals surface area contributed by atoms with Crippen molar-refractivity contribution in [1.29, 1.82) is 0 Å². The van der Waals surface area contributed by atoms with Gasteiger partial charge in [-0.25, -0.2) is 4.79 Å². The van der Waals surface area contributed by atoms with E-state index >= 15 is 0 Å². The molecule has 0 spiro atoms. The van der Waals surface area contributed by atoms with Crippen molar-refractivity contribution < 1.29 is 23.4 Å². The molecular formula is C29H34O5. The maximum Gasteiger partial charge on any atom is 0.330 e. The summed E-state index contributed by atoms with van der Waals surface area (Å²) in [5, 5.41) is 1.01. The number of carbonyl (C=O) groups excluding carboxylic acids is 1. The van der Waals surface area contributed by atoms with Gasteiger partial charge in [0.1, 0.15) is 35.1 Å². The molecule has 180 valence electrons. The van der Waals surface area contributed by atoms with E-state index in [1.54, 1.807) is 7.11 Å².